The summed E-state index contributed by atoms with van der Waals surface area (Å²) in [5.74, 6) is 0.0397. The highest BCUT2D eigenvalue weighted by molar-refractivity contribution is 7.08. The predicted octanol–water partition coefficient (Wildman–Crippen LogP) is 2.19. The molecule has 0 unspecified atom stereocenters. The van der Waals surface area contributed by atoms with E-state index in [1.165, 1.54) is 0 Å². The number of aliphatic hydroxyl groups excluding tert-OH is 1. The number of amides is 1. The van der Waals surface area contributed by atoms with Crippen LogP contribution in [0.25, 0.3) is 0 Å². The van der Waals surface area contributed by atoms with Crippen LogP contribution in [0.15, 0.2) is 0 Å². The molecule has 1 amide bonds. The smallest absolute Gasteiger partial charge is 0.264 e. The summed E-state index contributed by atoms with van der Waals surface area (Å²) in [5.41, 5.74) is 0.510. The fourth-order valence-electron chi connectivity index (χ4n) is 1.86. The summed E-state index contributed by atoms with van der Waals surface area (Å²) < 4.78 is 3.85. The number of hydrogen-bond acceptors (Lipinski definition) is 5. The van der Waals surface area contributed by atoms with Crippen molar-refractivity contribution in [1.29, 1.82) is 0 Å². The largest absolute Gasteiger partial charge is 0.396 e. The van der Waals surface area contributed by atoms with Crippen LogP contribution < -0.4 is 5.32 Å². The first kappa shape index (κ1) is 16.0. The normalized spacial score (nSPS) is 11.9. The van der Waals surface area contributed by atoms with Crippen LogP contribution in [0.2, 0.25) is 0 Å². The third-order valence-corrected chi connectivity index (χ3v) is 4.47. The van der Waals surface area contributed by atoms with E-state index >= 15 is 0 Å². The maximum atomic E-state index is 12.2. The fraction of sp³-hybridized carbons (Fsp3) is 0.769. The molecule has 0 aliphatic heterocycles. The molecule has 0 atom stereocenters. The van der Waals surface area contributed by atoms with Crippen molar-refractivity contribution in [3.05, 3.63) is 10.6 Å². The number of aliphatic hydroxyl groups is 1. The number of aromatic nitrogens is 2. The summed E-state index contributed by atoms with van der Waals surface area (Å²) in [6, 6.07) is 0. The zero-order valence-electron chi connectivity index (χ0n) is 12.1. The number of nitrogens with zero attached hydrogens (tertiary/aromatic N) is 2. The van der Waals surface area contributed by atoms with Crippen LogP contribution in [0.1, 0.15) is 61.8 Å². The lowest BCUT2D eigenvalue weighted by Crippen LogP contribution is -2.39. The van der Waals surface area contributed by atoms with Gasteiger partial charge in [-0.1, -0.05) is 32.2 Å². The van der Waals surface area contributed by atoms with Gasteiger partial charge in [0, 0.05) is 12.0 Å². The van der Waals surface area contributed by atoms with Crippen molar-refractivity contribution < 1.29 is 9.90 Å². The highest BCUT2D eigenvalue weighted by Gasteiger charge is 2.27. The van der Waals surface area contributed by atoms with Gasteiger partial charge in [0.05, 0.1) is 12.3 Å². The van der Waals surface area contributed by atoms with E-state index in [-0.39, 0.29) is 23.8 Å². The molecular formula is C13H23N3O2S. The molecule has 0 aromatic carbocycles. The van der Waals surface area contributed by atoms with Gasteiger partial charge < -0.3 is 10.4 Å². The minimum absolute atomic E-state index is 0.0816. The van der Waals surface area contributed by atoms with Gasteiger partial charge >= 0.3 is 0 Å². The lowest BCUT2D eigenvalue weighted by molar-refractivity contribution is 0.0853. The molecule has 108 valence electrons. The Morgan fingerprint density at radius 1 is 1.42 bits per heavy atom. The average molecular weight is 285 g/mol. The highest BCUT2D eigenvalue weighted by atomic mass is 32.1. The Kier molecular flexibility index (Phi) is 5.87. The first-order chi connectivity index (χ1) is 8.99. The molecule has 6 heteroatoms. The van der Waals surface area contributed by atoms with Crippen molar-refractivity contribution in [2.45, 2.75) is 46.5 Å². The van der Waals surface area contributed by atoms with Gasteiger partial charge in [-0.3, -0.25) is 4.79 Å². The lowest BCUT2D eigenvalue weighted by Gasteiger charge is -2.29. The van der Waals surface area contributed by atoms with Gasteiger partial charge in [0.1, 0.15) is 4.88 Å². The number of carbonyl (C=O) groups excluding carboxylic acids is 1. The maximum Gasteiger partial charge on any atom is 0.264 e. The molecule has 0 spiro atoms. The summed E-state index contributed by atoms with van der Waals surface area (Å²) in [6.45, 7) is 8.59. The van der Waals surface area contributed by atoms with Gasteiger partial charge in [-0.15, -0.1) is 5.10 Å². The molecule has 0 aliphatic carbocycles. The van der Waals surface area contributed by atoms with Crippen molar-refractivity contribution in [1.82, 2.24) is 14.9 Å². The zero-order chi connectivity index (χ0) is 14.5. The highest BCUT2D eigenvalue weighted by Crippen LogP contribution is 2.25. The second kappa shape index (κ2) is 6.96. The van der Waals surface area contributed by atoms with E-state index in [0.29, 0.717) is 11.4 Å². The number of hydrogen-bond donors (Lipinski definition) is 2. The molecular weight excluding hydrogens is 262 g/mol. The molecule has 2 N–H and O–H groups in total. The van der Waals surface area contributed by atoms with Crippen molar-refractivity contribution in [2.24, 2.45) is 5.41 Å². The quantitative estimate of drug-likeness (QED) is 0.805. The Morgan fingerprint density at radius 3 is 2.53 bits per heavy atom. The molecule has 0 aliphatic rings. The SMILES string of the molecule is CCC(CC)(CO)CNC(=O)c1snnc1C(C)C. The summed E-state index contributed by atoms with van der Waals surface area (Å²) in [5, 5.41) is 16.4. The number of carbonyl (C=O) groups is 1. The molecule has 1 heterocycles. The van der Waals surface area contributed by atoms with Gasteiger partial charge in [-0.25, -0.2) is 0 Å². The van der Waals surface area contributed by atoms with Crippen LogP contribution in [0.4, 0.5) is 0 Å². The van der Waals surface area contributed by atoms with Gasteiger partial charge in [-0.2, -0.15) is 0 Å². The molecule has 1 aromatic rings. The van der Waals surface area contributed by atoms with Crippen LogP contribution in [0, 0.1) is 5.41 Å². The van der Waals surface area contributed by atoms with Crippen molar-refractivity contribution >= 4 is 17.4 Å². The molecule has 0 bridgehead atoms. The zero-order valence-corrected chi connectivity index (χ0v) is 12.9. The minimum atomic E-state index is -0.230. The Bertz CT molecular complexity index is 406. The Balaban J connectivity index is 2.72. The number of rotatable bonds is 7. The standard InChI is InChI=1S/C13H23N3O2S/c1-5-13(6-2,8-17)7-14-12(18)11-10(9(3)4)15-16-19-11/h9,17H,5-8H2,1-4H3,(H,14,18). The fourth-order valence-corrected chi connectivity index (χ4v) is 2.60. The number of nitrogens with one attached hydrogen (secondary N) is 1. The van der Waals surface area contributed by atoms with Gasteiger partial charge in [-0.05, 0) is 30.3 Å². The second-order valence-corrected chi connectivity index (χ2v) is 5.94. The van der Waals surface area contributed by atoms with E-state index in [9.17, 15) is 9.90 Å². The van der Waals surface area contributed by atoms with E-state index in [1.54, 1.807) is 0 Å². The molecule has 1 aromatic heterocycles. The minimum Gasteiger partial charge on any atom is -0.396 e. The Morgan fingerprint density at radius 2 is 2.05 bits per heavy atom. The molecule has 1 rings (SSSR count). The van der Waals surface area contributed by atoms with Gasteiger partial charge in [0.15, 0.2) is 0 Å². The molecule has 0 saturated carbocycles. The van der Waals surface area contributed by atoms with E-state index < -0.39 is 0 Å². The van der Waals surface area contributed by atoms with Crippen molar-refractivity contribution in [3.63, 3.8) is 0 Å². The molecule has 5 nitrogen and oxygen atoms in total. The summed E-state index contributed by atoms with van der Waals surface area (Å²) in [6.07, 6.45) is 1.66. The van der Waals surface area contributed by atoms with Gasteiger partial charge in [0.25, 0.3) is 5.91 Å². The van der Waals surface area contributed by atoms with Crippen LogP contribution in [-0.4, -0.2) is 33.8 Å². The summed E-state index contributed by atoms with van der Waals surface area (Å²) in [4.78, 5) is 12.7. The maximum absolute atomic E-state index is 12.2. The summed E-state index contributed by atoms with van der Waals surface area (Å²) >= 11 is 1.12. The van der Waals surface area contributed by atoms with Crippen molar-refractivity contribution in [3.8, 4) is 0 Å². The van der Waals surface area contributed by atoms with Crippen LogP contribution in [0.3, 0.4) is 0 Å². The van der Waals surface area contributed by atoms with E-state index in [0.717, 1.165) is 30.1 Å². The topological polar surface area (TPSA) is 75.1 Å². The van der Waals surface area contributed by atoms with Crippen LogP contribution in [-0.2, 0) is 0 Å². The third-order valence-electron chi connectivity index (χ3n) is 3.73. The van der Waals surface area contributed by atoms with E-state index in [2.05, 4.69) is 14.9 Å². The molecule has 0 saturated heterocycles. The first-order valence-corrected chi connectivity index (χ1v) is 7.48. The Hall–Kier alpha value is -1.01. The molecule has 0 radical (unpaired) electrons. The van der Waals surface area contributed by atoms with E-state index in [4.69, 9.17) is 0 Å². The second-order valence-electron chi connectivity index (χ2n) is 5.19. The lowest BCUT2D eigenvalue weighted by atomic mass is 9.83. The van der Waals surface area contributed by atoms with Crippen molar-refractivity contribution in [2.75, 3.05) is 13.2 Å². The van der Waals surface area contributed by atoms with E-state index in [1.807, 2.05) is 27.7 Å². The molecule has 0 fully saturated rings. The Labute approximate surface area is 118 Å². The first-order valence-electron chi connectivity index (χ1n) is 6.71. The third kappa shape index (κ3) is 3.73. The van der Waals surface area contributed by atoms with Gasteiger partial charge in [0.2, 0.25) is 0 Å². The summed E-state index contributed by atoms with van der Waals surface area (Å²) in [7, 11) is 0. The van der Waals surface area contributed by atoms with Crippen LogP contribution in [0.5, 0.6) is 0 Å². The monoisotopic (exact) mass is 285 g/mol. The predicted molar refractivity (Wildman–Crippen MR) is 76.4 cm³/mol. The van der Waals surface area contributed by atoms with Crippen LogP contribution >= 0.6 is 11.5 Å². The molecule has 19 heavy (non-hydrogen) atoms. The average Bonchev–Trinajstić information content (AvgIpc) is 2.90.